The van der Waals surface area contributed by atoms with Crippen molar-refractivity contribution in [3.8, 4) is 0 Å². The minimum atomic E-state index is -0.963. The first-order chi connectivity index (χ1) is 8.81. The molecule has 0 aliphatic heterocycles. The molecule has 0 saturated carbocycles. The van der Waals surface area contributed by atoms with Crippen LogP contribution in [-0.2, 0) is 4.79 Å². The molecule has 0 aliphatic rings. The van der Waals surface area contributed by atoms with E-state index in [1.165, 1.54) is 13.0 Å². The van der Waals surface area contributed by atoms with E-state index in [1.807, 2.05) is 13.0 Å². The lowest BCUT2D eigenvalue weighted by Crippen LogP contribution is -2.25. The van der Waals surface area contributed by atoms with Gasteiger partial charge >= 0.3 is 11.6 Å². The molecule has 0 unspecified atom stereocenters. The van der Waals surface area contributed by atoms with Crippen molar-refractivity contribution in [3.63, 3.8) is 0 Å². The third kappa shape index (κ3) is 4.11. The van der Waals surface area contributed by atoms with Gasteiger partial charge in [-0.2, -0.15) is 0 Å². The predicted octanol–water partition coefficient (Wildman–Crippen LogP) is 1.10. The molecule has 1 atom stereocenters. The summed E-state index contributed by atoms with van der Waals surface area (Å²) in [7, 11) is 0. The van der Waals surface area contributed by atoms with Gasteiger partial charge in [-0.3, -0.25) is 4.79 Å². The van der Waals surface area contributed by atoms with E-state index >= 15 is 0 Å². The number of hydrogen-bond acceptors (Lipinski definition) is 5. The minimum Gasteiger partial charge on any atom is -0.480 e. The normalized spacial score (nSPS) is 11.5. The lowest BCUT2D eigenvalue weighted by atomic mass is 10.1. The molecule has 0 saturated heterocycles. The smallest absolute Gasteiger partial charge is 0.336 e. The maximum Gasteiger partial charge on any atom is 0.336 e. The van der Waals surface area contributed by atoms with Crippen LogP contribution < -0.4 is 17.1 Å². The van der Waals surface area contributed by atoms with Gasteiger partial charge in [0, 0.05) is 23.2 Å². The molecule has 1 heterocycles. The van der Waals surface area contributed by atoms with Gasteiger partial charge in [0.1, 0.15) is 11.6 Å². The SMILES string of the molecule is C[C@H](N)C(=O)O.Cc1cc(=O)oc2cc(N)ccc12. The molecule has 2 rings (SSSR count). The van der Waals surface area contributed by atoms with E-state index in [-0.39, 0.29) is 5.63 Å². The van der Waals surface area contributed by atoms with E-state index in [0.717, 1.165) is 10.9 Å². The quantitative estimate of drug-likeness (QED) is 0.524. The topological polar surface area (TPSA) is 120 Å². The Morgan fingerprint density at radius 3 is 2.47 bits per heavy atom. The molecule has 2 aromatic rings. The summed E-state index contributed by atoms with van der Waals surface area (Å²) in [5.74, 6) is -0.963. The van der Waals surface area contributed by atoms with Gasteiger partial charge in [-0.15, -0.1) is 0 Å². The van der Waals surface area contributed by atoms with E-state index < -0.39 is 12.0 Å². The van der Waals surface area contributed by atoms with Crippen molar-refractivity contribution < 1.29 is 14.3 Å². The van der Waals surface area contributed by atoms with Crippen LogP contribution in [0, 0.1) is 6.92 Å². The van der Waals surface area contributed by atoms with Gasteiger partial charge in [-0.1, -0.05) is 0 Å². The van der Waals surface area contributed by atoms with Gasteiger partial charge in [-0.25, -0.2) is 4.79 Å². The number of benzene rings is 1. The Bertz CT molecular complexity index is 647. The Morgan fingerprint density at radius 1 is 1.37 bits per heavy atom. The molecule has 1 aromatic carbocycles. The Labute approximate surface area is 109 Å². The summed E-state index contributed by atoms with van der Waals surface area (Å²) in [6, 6.07) is 6.03. The monoisotopic (exact) mass is 264 g/mol. The highest BCUT2D eigenvalue weighted by molar-refractivity contribution is 5.82. The van der Waals surface area contributed by atoms with Gasteiger partial charge in [-0.05, 0) is 31.5 Å². The number of carboxylic acids is 1. The Kier molecular flexibility index (Phi) is 4.66. The van der Waals surface area contributed by atoms with Crippen molar-refractivity contribution in [1.82, 2.24) is 0 Å². The van der Waals surface area contributed by atoms with Crippen LogP contribution in [0.25, 0.3) is 11.0 Å². The van der Waals surface area contributed by atoms with Crippen molar-refractivity contribution in [1.29, 1.82) is 0 Å². The summed E-state index contributed by atoms with van der Waals surface area (Å²) < 4.78 is 4.99. The van der Waals surface area contributed by atoms with Crippen LogP contribution in [0.4, 0.5) is 5.69 Å². The summed E-state index contributed by atoms with van der Waals surface area (Å²) in [4.78, 5) is 20.6. The van der Waals surface area contributed by atoms with Crippen molar-refractivity contribution in [2.75, 3.05) is 5.73 Å². The Hall–Kier alpha value is -2.34. The van der Waals surface area contributed by atoms with Gasteiger partial charge < -0.3 is 21.0 Å². The number of nitrogens with two attached hydrogens (primary N) is 2. The zero-order chi connectivity index (χ0) is 14.6. The Balaban J connectivity index is 0.000000258. The maximum atomic E-state index is 11.0. The number of hydrogen-bond donors (Lipinski definition) is 3. The zero-order valence-corrected chi connectivity index (χ0v) is 10.7. The molecule has 5 N–H and O–H groups in total. The second-order valence-corrected chi connectivity index (χ2v) is 4.13. The van der Waals surface area contributed by atoms with E-state index in [4.69, 9.17) is 21.0 Å². The first kappa shape index (κ1) is 14.7. The molecule has 6 nitrogen and oxygen atoms in total. The average Bonchev–Trinajstić information content (AvgIpc) is 2.28. The summed E-state index contributed by atoms with van der Waals surface area (Å²) in [5.41, 5.74) is 12.1. The first-order valence-corrected chi connectivity index (χ1v) is 5.59. The average molecular weight is 264 g/mol. The third-order valence-electron chi connectivity index (χ3n) is 2.36. The molecular formula is C13H16N2O4. The molecule has 102 valence electrons. The molecule has 0 aliphatic carbocycles. The van der Waals surface area contributed by atoms with E-state index in [2.05, 4.69) is 0 Å². The van der Waals surface area contributed by atoms with Gasteiger partial charge in [0.2, 0.25) is 0 Å². The van der Waals surface area contributed by atoms with Gasteiger partial charge in [0.15, 0.2) is 0 Å². The fraction of sp³-hybridized carbons (Fsp3) is 0.231. The lowest BCUT2D eigenvalue weighted by Gasteiger charge is -2.00. The highest BCUT2D eigenvalue weighted by Gasteiger charge is 2.01. The number of anilines is 1. The van der Waals surface area contributed by atoms with Crippen LogP contribution in [0.3, 0.4) is 0 Å². The number of aryl methyl sites for hydroxylation is 1. The molecule has 6 heteroatoms. The summed E-state index contributed by atoms with van der Waals surface area (Å²) in [6.07, 6.45) is 0. The summed E-state index contributed by atoms with van der Waals surface area (Å²) in [5, 5.41) is 8.79. The highest BCUT2D eigenvalue weighted by Crippen LogP contribution is 2.18. The zero-order valence-electron chi connectivity index (χ0n) is 10.7. The highest BCUT2D eigenvalue weighted by atomic mass is 16.4. The van der Waals surface area contributed by atoms with Crippen molar-refractivity contribution in [2.24, 2.45) is 5.73 Å². The van der Waals surface area contributed by atoms with E-state index in [9.17, 15) is 9.59 Å². The van der Waals surface area contributed by atoms with Crippen LogP contribution in [0.1, 0.15) is 12.5 Å². The van der Waals surface area contributed by atoms with Gasteiger partial charge in [0.25, 0.3) is 0 Å². The number of carbonyl (C=O) groups is 1. The molecular weight excluding hydrogens is 248 g/mol. The number of carboxylic acid groups (broad SMARTS) is 1. The fourth-order valence-corrected chi connectivity index (χ4v) is 1.34. The molecule has 1 aromatic heterocycles. The van der Waals surface area contributed by atoms with Crippen LogP contribution in [0.2, 0.25) is 0 Å². The van der Waals surface area contributed by atoms with Crippen LogP contribution >= 0.6 is 0 Å². The van der Waals surface area contributed by atoms with Gasteiger partial charge in [0.05, 0.1) is 0 Å². The van der Waals surface area contributed by atoms with Crippen LogP contribution in [0.5, 0.6) is 0 Å². The van der Waals surface area contributed by atoms with Crippen molar-refractivity contribution >= 4 is 22.6 Å². The third-order valence-corrected chi connectivity index (χ3v) is 2.36. The van der Waals surface area contributed by atoms with Crippen LogP contribution in [0.15, 0.2) is 33.5 Å². The second kappa shape index (κ2) is 6.01. The number of nitrogen functional groups attached to an aromatic ring is 1. The van der Waals surface area contributed by atoms with E-state index in [1.54, 1.807) is 12.1 Å². The standard InChI is InChI=1S/C10H9NO2.C3H7NO2/c1-6-4-10(12)13-9-5-7(11)2-3-8(6)9;1-2(4)3(5)6/h2-5H,11H2,1H3;2H,4H2,1H3,(H,5,6)/t;2-/m.0/s1. The molecule has 19 heavy (non-hydrogen) atoms. The fourth-order valence-electron chi connectivity index (χ4n) is 1.34. The largest absolute Gasteiger partial charge is 0.480 e. The predicted molar refractivity (Wildman–Crippen MR) is 72.9 cm³/mol. The first-order valence-electron chi connectivity index (χ1n) is 5.59. The molecule has 0 radical (unpaired) electrons. The van der Waals surface area contributed by atoms with Crippen molar-refractivity contribution in [2.45, 2.75) is 19.9 Å². The molecule has 0 bridgehead atoms. The molecule has 0 spiro atoms. The summed E-state index contributed by atoms with van der Waals surface area (Å²) in [6.45, 7) is 3.29. The molecule has 0 amide bonds. The number of fused-ring (bicyclic) bond motifs is 1. The van der Waals surface area contributed by atoms with Crippen LogP contribution in [-0.4, -0.2) is 17.1 Å². The van der Waals surface area contributed by atoms with Crippen molar-refractivity contribution in [3.05, 3.63) is 40.2 Å². The number of aliphatic carboxylic acids is 1. The lowest BCUT2D eigenvalue weighted by molar-refractivity contribution is -0.138. The minimum absolute atomic E-state index is 0.337. The van der Waals surface area contributed by atoms with E-state index in [0.29, 0.717) is 11.3 Å². The maximum absolute atomic E-state index is 11.0. The Morgan fingerprint density at radius 2 is 1.95 bits per heavy atom. The second-order valence-electron chi connectivity index (χ2n) is 4.13. The summed E-state index contributed by atoms with van der Waals surface area (Å²) >= 11 is 0. The molecule has 0 fully saturated rings. The number of rotatable bonds is 1.